The SMILES string of the molecule is N#Cc1ncccc1-c1ccc2ncsc2c1. The minimum Gasteiger partial charge on any atom is -0.245 e. The van der Waals surface area contributed by atoms with Gasteiger partial charge in [0.25, 0.3) is 0 Å². The summed E-state index contributed by atoms with van der Waals surface area (Å²) < 4.78 is 1.12. The van der Waals surface area contributed by atoms with Crippen LogP contribution in [-0.2, 0) is 0 Å². The van der Waals surface area contributed by atoms with Crippen LogP contribution in [0.1, 0.15) is 5.69 Å². The lowest BCUT2D eigenvalue weighted by atomic mass is 10.0. The van der Waals surface area contributed by atoms with E-state index in [1.807, 2.05) is 35.8 Å². The summed E-state index contributed by atoms with van der Waals surface area (Å²) in [7, 11) is 0. The number of thiazole rings is 1. The minimum absolute atomic E-state index is 0.455. The Kier molecular flexibility index (Phi) is 2.32. The molecular weight excluding hydrogens is 230 g/mol. The third-order valence-corrected chi connectivity index (χ3v) is 3.35. The minimum atomic E-state index is 0.455. The van der Waals surface area contributed by atoms with Crippen molar-refractivity contribution < 1.29 is 0 Å². The molecule has 4 heteroatoms. The molecule has 0 atom stereocenters. The number of nitrogens with zero attached hydrogens (tertiary/aromatic N) is 3. The van der Waals surface area contributed by atoms with Gasteiger partial charge in [0.15, 0.2) is 0 Å². The second kappa shape index (κ2) is 3.96. The third-order valence-electron chi connectivity index (χ3n) is 2.56. The van der Waals surface area contributed by atoms with Gasteiger partial charge in [-0.05, 0) is 29.8 Å². The molecule has 0 fully saturated rings. The van der Waals surface area contributed by atoms with Crippen LogP contribution in [0.25, 0.3) is 21.3 Å². The first kappa shape index (κ1) is 9.94. The fourth-order valence-electron chi connectivity index (χ4n) is 1.75. The van der Waals surface area contributed by atoms with Crippen LogP contribution < -0.4 is 0 Å². The van der Waals surface area contributed by atoms with E-state index in [-0.39, 0.29) is 0 Å². The number of hydrogen-bond acceptors (Lipinski definition) is 4. The van der Waals surface area contributed by atoms with Gasteiger partial charge >= 0.3 is 0 Å². The Bertz CT molecular complexity index is 725. The number of benzene rings is 1. The first-order valence-electron chi connectivity index (χ1n) is 5.07. The Balaban J connectivity index is 2.23. The normalized spacial score (nSPS) is 10.3. The number of hydrogen-bond donors (Lipinski definition) is 0. The molecule has 17 heavy (non-hydrogen) atoms. The fraction of sp³-hybridized carbons (Fsp3) is 0. The highest BCUT2D eigenvalue weighted by Gasteiger charge is 2.06. The van der Waals surface area contributed by atoms with Crippen LogP contribution >= 0.6 is 11.3 Å². The van der Waals surface area contributed by atoms with Gasteiger partial charge in [0, 0.05) is 11.8 Å². The molecular formula is C13H7N3S. The van der Waals surface area contributed by atoms with Crippen molar-refractivity contribution in [1.82, 2.24) is 9.97 Å². The largest absolute Gasteiger partial charge is 0.245 e. The lowest BCUT2D eigenvalue weighted by molar-refractivity contribution is 1.27. The smallest absolute Gasteiger partial charge is 0.148 e. The molecule has 0 unspecified atom stereocenters. The first-order chi connectivity index (χ1) is 8.38. The molecule has 2 heterocycles. The monoisotopic (exact) mass is 237 g/mol. The summed E-state index contributed by atoms with van der Waals surface area (Å²) in [6.07, 6.45) is 1.63. The Hall–Kier alpha value is -2.25. The molecule has 1 aromatic carbocycles. The van der Waals surface area contributed by atoms with Crippen molar-refractivity contribution in [3.63, 3.8) is 0 Å². The van der Waals surface area contributed by atoms with Crippen molar-refractivity contribution in [3.05, 3.63) is 47.7 Å². The van der Waals surface area contributed by atoms with E-state index in [0.717, 1.165) is 21.3 Å². The predicted molar refractivity (Wildman–Crippen MR) is 67.6 cm³/mol. The molecule has 0 aliphatic heterocycles. The number of rotatable bonds is 1. The highest BCUT2D eigenvalue weighted by molar-refractivity contribution is 7.16. The highest BCUT2D eigenvalue weighted by atomic mass is 32.1. The molecule has 0 amide bonds. The summed E-state index contributed by atoms with van der Waals surface area (Å²) in [6.45, 7) is 0. The molecule has 3 rings (SSSR count). The van der Waals surface area contributed by atoms with Crippen molar-refractivity contribution in [1.29, 1.82) is 5.26 Å². The van der Waals surface area contributed by atoms with E-state index in [2.05, 4.69) is 16.0 Å². The zero-order chi connectivity index (χ0) is 11.7. The summed E-state index contributed by atoms with van der Waals surface area (Å²) in [5.74, 6) is 0. The molecule has 0 bridgehead atoms. The summed E-state index contributed by atoms with van der Waals surface area (Å²) in [5.41, 5.74) is 5.14. The second-order valence-electron chi connectivity index (χ2n) is 3.55. The maximum Gasteiger partial charge on any atom is 0.148 e. The van der Waals surface area contributed by atoms with Crippen molar-refractivity contribution in [3.8, 4) is 17.2 Å². The average Bonchev–Trinajstić information content (AvgIpc) is 2.85. The number of nitriles is 1. The van der Waals surface area contributed by atoms with Gasteiger partial charge in [0.1, 0.15) is 11.8 Å². The molecule has 0 aliphatic carbocycles. The van der Waals surface area contributed by atoms with Gasteiger partial charge in [-0.3, -0.25) is 0 Å². The van der Waals surface area contributed by atoms with Gasteiger partial charge in [0.2, 0.25) is 0 Å². The molecule has 0 spiro atoms. The molecule has 0 N–H and O–H groups in total. The maximum absolute atomic E-state index is 9.03. The van der Waals surface area contributed by atoms with Crippen LogP contribution in [0.5, 0.6) is 0 Å². The molecule has 0 saturated carbocycles. The standard InChI is InChI=1S/C13H7N3S/c14-7-12-10(2-1-5-15-12)9-3-4-11-13(6-9)17-8-16-11/h1-6,8H. The molecule has 80 valence electrons. The van der Waals surface area contributed by atoms with Crippen LogP contribution in [0.2, 0.25) is 0 Å². The topological polar surface area (TPSA) is 49.6 Å². The molecule has 3 aromatic rings. The van der Waals surface area contributed by atoms with Crippen molar-refractivity contribution in [2.45, 2.75) is 0 Å². The molecule has 3 nitrogen and oxygen atoms in total. The predicted octanol–water partition coefficient (Wildman–Crippen LogP) is 3.23. The molecule has 0 aliphatic rings. The van der Waals surface area contributed by atoms with Gasteiger partial charge in [0.05, 0.1) is 15.7 Å². The van der Waals surface area contributed by atoms with Gasteiger partial charge in [-0.2, -0.15) is 5.26 Å². The van der Waals surface area contributed by atoms with E-state index in [1.165, 1.54) is 0 Å². The lowest BCUT2D eigenvalue weighted by Gasteiger charge is -2.02. The van der Waals surface area contributed by atoms with Crippen LogP contribution in [0.3, 0.4) is 0 Å². The van der Waals surface area contributed by atoms with Crippen LogP contribution in [-0.4, -0.2) is 9.97 Å². The first-order valence-corrected chi connectivity index (χ1v) is 5.95. The number of pyridine rings is 1. The highest BCUT2D eigenvalue weighted by Crippen LogP contribution is 2.27. The second-order valence-corrected chi connectivity index (χ2v) is 4.43. The summed E-state index contributed by atoms with van der Waals surface area (Å²) in [5, 5.41) is 9.03. The van der Waals surface area contributed by atoms with E-state index in [0.29, 0.717) is 5.69 Å². The fourth-order valence-corrected chi connectivity index (χ4v) is 2.47. The van der Waals surface area contributed by atoms with E-state index >= 15 is 0 Å². The van der Waals surface area contributed by atoms with E-state index in [9.17, 15) is 0 Å². The average molecular weight is 237 g/mol. The van der Waals surface area contributed by atoms with Crippen molar-refractivity contribution >= 4 is 21.6 Å². The molecule has 2 aromatic heterocycles. The zero-order valence-corrected chi connectivity index (χ0v) is 9.61. The maximum atomic E-state index is 9.03. The Morgan fingerprint density at radius 3 is 3.00 bits per heavy atom. The summed E-state index contributed by atoms with van der Waals surface area (Å²) >= 11 is 1.60. The van der Waals surface area contributed by atoms with Crippen LogP contribution in [0.15, 0.2) is 42.0 Å². The lowest BCUT2D eigenvalue weighted by Crippen LogP contribution is -1.87. The van der Waals surface area contributed by atoms with E-state index in [4.69, 9.17) is 5.26 Å². The third kappa shape index (κ3) is 1.67. The number of fused-ring (bicyclic) bond motifs is 1. The summed E-state index contributed by atoms with van der Waals surface area (Å²) in [4.78, 5) is 8.30. The molecule has 0 saturated heterocycles. The van der Waals surface area contributed by atoms with Gasteiger partial charge in [-0.25, -0.2) is 9.97 Å². The summed E-state index contributed by atoms with van der Waals surface area (Å²) in [6, 6.07) is 11.8. The van der Waals surface area contributed by atoms with E-state index in [1.54, 1.807) is 17.5 Å². The van der Waals surface area contributed by atoms with Crippen molar-refractivity contribution in [2.24, 2.45) is 0 Å². The number of aromatic nitrogens is 2. The van der Waals surface area contributed by atoms with Crippen molar-refractivity contribution in [2.75, 3.05) is 0 Å². The Morgan fingerprint density at radius 1 is 1.18 bits per heavy atom. The zero-order valence-electron chi connectivity index (χ0n) is 8.79. The van der Waals surface area contributed by atoms with Gasteiger partial charge < -0.3 is 0 Å². The van der Waals surface area contributed by atoms with Crippen LogP contribution in [0.4, 0.5) is 0 Å². The Morgan fingerprint density at radius 2 is 2.12 bits per heavy atom. The van der Waals surface area contributed by atoms with E-state index < -0.39 is 0 Å². The molecule has 0 radical (unpaired) electrons. The van der Waals surface area contributed by atoms with Gasteiger partial charge in [-0.1, -0.05) is 6.07 Å². The Labute approximate surface area is 102 Å². The van der Waals surface area contributed by atoms with Crippen LogP contribution in [0, 0.1) is 11.3 Å². The van der Waals surface area contributed by atoms with Gasteiger partial charge in [-0.15, -0.1) is 11.3 Å². The quantitative estimate of drug-likeness (QED) is 0.652.